The number of nitrogens with one attached hydrogen (secondary N) is 1. The van der Waals surface area contributed by atoms with E-state index in [2.05, 4.69) is 21.5 Å². The number of fused-ring (bicyclic) bond motifs is 2. The van der Waals surface area contributed by atoms with Crippen LogP contribution in [0.1, 0.15) is 23.6 Å². The number of rotatable bonds is 3. The van der Waals surface area contributed by atoms with Gasteiger partial charge in [0.15, 0.2) is 5.65 Å². The van der Waals surface area contributed by atoms with Gasteiger partial charge >= 0.3 is 0 Å². The Labute approximate surface area is 137 Å². The van der Waals surface area contributed by atoms with E-state index in [1.54, 1.807) is 7.05 Å². The fourth-order valence-electron chi connectivity index (χ4n) is 3.28. The third kappa shape index (κ3) is 2.38. The van der Waals surface area contributed by atoms with E-state index >= 15 is 0 Å². The van der Waals surface area contributed by atoms with Crippen molar-refractivity contribution >= 4 is 16.9 Å². The first kappa shape index (κ1) is 14.6. The SMILES string of the molecule is Cn1ncc2c(=O)n(CC(=O)NC3CCc4ccccc43)cnc21. The highest BCUT2D eigenvalue weighted by Crippen LogP contribution is 2.30. The zero-order chi connectivity index (χ0) is 16.7. The lowest BCUT2D eigenvalue weighted by atomic mass is 10.1. The predicted molar refractivity (Wildman–Crippen MR) is 88.4 cm³/mol. The maximum absolute atomic E-state index is 12.4. The number of carbonyl (C=O) groups is 1. The Morgan fingerprint density at radius 2 is 2.21 bits per heavy atom. The van der Waals surface area contributed by atoms with Crippen molar-refractivity contribution in [2.45, 2.75) is 25.4 Å². The number of hydrogen-bond donors (Lipinski definition) is 1. The van der Waals surface area contributed by atoms with Crippen molar-refractivity contribution in [2.75, 3.05) is 0 Å². The van der Waals surface area contributed by atoms with Crippen LogP contribution in [0.3, 0.4) is 0 Å². The summed E-state index contributed by atoms with van der Waals surface area (Å²) in [6, 6.07) is 8.14. The highest BCUT2D eigenvalue weighted by atomic mass is 16.2. The molecular formula is C17H17N5O2. The first-order valence-corrected chi connectivity index (χ1v) is 7.88. The first-order valence-electron chi connectivity index (χ1n) is 7.88. The molecule has 2 aromatic heterocycles. The zero-order valence-corrected chi connectivity index (χ0v) is 13.3. The average molecular weight is 323 g/mol. The second-order valence-electron chi connectivity index (χ2n) is 6.04. The van der Waals surface area contributed by atoms with Gasteiger partial charge in [-0.15, -0.1) is 0 Å². The fraction of sp³-hybridized carbons (Fsp3) is 0.294. The number of benzene rings is 1. The lowest BCUT2D eigenvalue weighted by Gasteiger charge is -2.14. The molecule has 0 spiro atoms. The van der Waals surface area contributed by atoms with Crippen molar-refractivity contribution in [1.29, 1.82) is 0 Å². The molecule has 1 N–H and O–H groups in total. The molecule has 0 fully saturated rings. The quantitative estimate of drug-likeness (QED) is 0.777. The molecule has 1 atom stereocenters. The van der Waals surface area contributed by atoms with Gasteiger partial charge in [-0.1, -0.05) is 24.3 Å². The Balaban J connectivity index is 1.53. The number of hydrogen-bond acceptors (Lipinski definition) is 4. The maximum Gasteiger partial charge on any atom is 0.264 e. The Bertz CT molecular complexity index is 988. The largest absolute Gasteiger partial charge is 0.348 e. The molecule has 0 saturated heterocycles. The molecule has 0 bridgehead atoms. The molecule has 24 heavy (non-hydrogen) atoms. The van der Waals surface area contributed by atoms with Crippen LogP contribution in [0.5, 0.6) is 0 Å². The normalized spacial score (nSPS) is 16.3. The molecule has 1 aliphatic rings. The zero-order valence-electron chi connectivity index (χ0n) is 13.3. The minimum atomic E-state index is -0.255. The molecule has 122 valence electrons. The van der Waals surface area contributed by atoms with Gasteiger partial charge in [-0.05, 0) is 24.0 Å². The van der Waals surface area contributed by atoms with Crippen molar-refractivity contribution in [2.24, 2.45) is 7.05 Å². The molecule has 2 heterocycles. The summed E-state index contributed by atoms with van der Waals surface area (Å²) in [6.45, 7) is -0.0463. The molecule has 1 aromatic carbocycles. The third-order valence-corrected chi connectivity index (χ3v) is 4.50. The van der Waals surface area contributed by atoms with Gasteiger partial charge in [-0.3, -0.25) is 18.8 Å². The molecular weight excluding hydrogens is 306 g/mol. The van der Waals surface area contributed by atoms with Crippen LogP contribution < -0.4 is 10.9 Å². The molecule has 0 radical (unpaired) electrons. The van der Waals surface area contributed by atoms with Crippen LogP contribution >= 0.6 is 0 Å². The van der Waals surface area contributed by atoms with Crippen LogP contribution in [-0.2, 0) is 24.8 Å². The van der Waals surface area contributed by atoms with E-state index in [0.717, 1.165) is 12.8 Å². The minimum absolute atomic E-state index is 0.0134. The van der Waals surface area contributed by atoms with Gasteiger partial charge in [-0.25, -0.2) is 4.98 Å². The van der Waals surface area contributed by atoms with Crippen LogP contribution in [0, 0.1) is 0 Å². The molecule has 4 rings (SSSR count). The van der Waals surface area contributed by atoms with E-state index < -0.39 is 0 Å². The minimum Gasteiger partial charge on any atom is -0.348 e. The van der Waals surface area contributed by atoms with Crippen LogP contribution in [-0.4, -0.2) is 25.2 Å². The van der Waals surface area contributed by atoms with Crippen molar-refractivity contribution in [3.8, 4) is 0 Å². The third-order valence-electron chi connectivity index (χ3n) is 4.50. The lowest BCUT2D eigenvalue weighted by molar-refractivity contribution is -0.122. The van der Waals surface area contributed by atoms with Crippen LogP contribution in [0.4, 0.5) is 0 Å². The molecule has 1 unspecified atom stereocenters. The van der Waals surface area contributed by atoms with Gasteiger partial charge < -0.3 is 5.32 Å². The standard InChI is InChI=1S/C17H17N5O2/c1-21-16-13(8-19-21)17(24)22(10-18-16)9-15(23)20-14-7-6-11-4-2-3-5-12(11)14/h2-5,8,10,14H,6-7,9H2,1H3,(H,20,23). The summed E-state index contributed by atoms with van der Waals surface area (Å²) in [5.74, 6) is -0.191. The van der Waals surface area contributed by atoms with Gasteiger partial charge in [-0.2, -0.15) is 5.10 Å². The summed E-state index contributed by atoms with van der Waals surface area (Å²) in [7, 11) is 1.73. The van der Waals surface area contributed by atoms with Gasteiger partial charge in [0.1, 0.15) is 18.3 Å². The summed E-state index contributed by atoms with van der Waals surface area (Å²) in [5, 5.41) is 7.46. The van der Waals surface area contributed by atoms with E-state index in [1.807, 2.05) is 18.2 Å². The summed E-state index contributed by atoms with van der Waals surface area (Å²) in [6.07, 6.45) is 4.73. The first-order chi connectivity index (χ1) is 11.6. The molecule has 0 aliphatic heterocycles. The Kier molecular flexibility index (Phi) is 3.41. The number of aryl methyl sites for hydroxylation is 2. The summed E-state index contributed by atoms with van der Waals surface area (Å²) < 4.78 is 2.86. The summed E-state index contributed by atoms with van der Waals surface area (Å²) in [5.41, 5.74) is 2.70. The Morgan fingerprint density at radius 3 is 3.08 bits per heavy atom. The van der Waals surface area contributed by atoms with Gasteiger partial charge in [0.25, 0.3) is 5.56 Å². The number of aromatic nitrogens is 4. The topological polar surface area (TPSA) is 81.8 Å². The molecule has 1 aliphatic carbocycles. The smallest absolute Gasteiger partial charge is 0.264 e. The molecule has 1 amide bonds. The Hall–Kier alpha value is -2.96. The second-order valence-corrected chi connectivity index (χ2v) is 6.04. The second kappa shape index (κ2) is 5.59. The average Bonchev–Trinajstić information content (AvgIpc) is 3.15. The van der Waals surface area contributed by atoms with Crippen LogP contribution in [0.25, 0.3) is 11.0 Å². The Morgan fingerprint density at radius 1 is 1.38 bits per heavy atom. The number of carbonyl (C=O) groups excluding carboxylic acids is 1. The van der Waals surface area contributed by atoms with Gasteiger partial charge in [0.2, 0.25) is 5.91 Å². The number of amides is 1. The van der Waals surface area contributed by atoms with Crippen LogP contribution in [0.15, 0.2) is 41.6 Å². The summed E-state index contributed by atoms with van der Waals surface area (Å²) >= 11 is 0. The van der Waals surface area contributed by atoms with Crippen molar-refractivity contribution in [3.63, 3.8) is 0 Å². The lowest BCUT2D eigenvalue weighted by Crippen LogP contribution is -2.34. The fourth-order valence-corrected chi connectivity index (χ4v) is 3.28. The monoisotopic (exact) mass is 323 g/mol. The van der Waals surface area contributed by atoms with E-state index in [0.29, 0.717) is 11.0 Å². The van der Waals surface area contributed by atoms with Gasteiger partial charge in [0.05, 0.1) is 12.2 Å². The van der Waals surface area contributed by atoms with E-state index in [-0.39, 0.29) is 24.1 Å². The predicted octanol–water partition coefficient (Wildman–Crippen LogP) is 0.934. The van der Waals surface area contributed by atoms with E-state index in [4.69, 9.17) is 0 Å². The van der Waals surface area contributed by atoms with Crippen LogP contribution in [0.2, 0.25) is 0 Å². The van der Waals surface area contributed by atoms with Crippen molar-refractivity contribution in [1.82, 2.24) is 24.6 Å². The van der Waals surface area contributed by atoms with Crippen molar-refractivity contribution in [3.05, 3.63) is 58.3 Å². The van der Waals surface area contributed by atoms with Crippen molar-refractivity contribution < 1.29 is 4.79 Å². The molecule has 3 aromatic rings. The molecule has 7 heteroatoms. The van der Waals surface area contributed by atoms with E-state index in [9.17, 15) is 9.59 Å². The molecule has 0 saturated carbocycles. The van der Waals surface area contributed by atoms with E-state index in [1.165, 1.54) is 32.9 Å². The highest BCUT2D eigenvalue weighted by molar-refractivity contribution is 5.77. The maximum atomic E-state index is 12.4. The molecule has 7 nitrogen and oxygen atoms in total. The highest BCUT2D eigenvalue weighted by Gasteiger charge is 2.23. The van der Waals surface area contributed by atoms with Gasteiger partial charge in [0, 0.05) is 7.05 Å². The number of nitrogens with zero attached hydrogens (tertiary/aromatic N) is 4. The summed E-state index contributed by atoms with van der Waals surface area (Å²) in [4.78, 5) is 29.0.